The lowest BCUT2D eigenvalue weighted by Gasteiger charge is -2.08. The van der Waals surface area contributed by atoms with Crippen molar-refractivity contribution in [3.63, 3.8) is 0 Å². The maximum atomic E-state index is 13.3. The minimum atomic E-state index is -0.197. The van der Waals surface area contributed by atoms with Gasteiger partial charge in [-0.05, 0) is 38.0 Å². The molecule has 0 atom stereocenters. The van der Waals surface area contributed by atoms with Gasteiger partial charge in [0.15, 0.2) is 5.82 Å². The van der Waals surface area contributed by atoms with Crippen molar-refractivity contribution in [1.29, 1.82) is 0 Å². The van der Waals surface area contributed by atoms with Gasteiger partial charge in [0, 0.05) is 22.3 Å². The molecule has 2 rings (SSSR count). The Morgan fingerprint density at radius 3 is 2.67 bits per heavy atom. The van der Waals surface area contributed by atoms with Gasteiger partial charge in [-0.25, -0.2) is 4.39 Å². The molecular weight excluding hydrogens is 297 g/mol. The monoisotopic (exact) mass is 311 g/mol. The fraction of sp³-hybridized carbons (Fsp3) is 0.308. The van der Waals surface area contributed by atoms with E-state index in [2.05, 4.69) is 31.4 Å². The van der Waals surface area contributed by atoms with Gasteiger partial charge in [-0.3, -0.25) is 5.10 Å². The highest BCUT2D eigenvalue weighted by Crippen LogP contribution is 2.22. The first-order chi connectivity index (χ1) is 8.49. The van der Waals surface area contributed by atoms with E-state index in [0.717, 1.165) is 27.1 Å². The Balaban J connectivity index is 2.16. The number of halogens is 2. The summed E-state index contributed by atoms with van der Waals surface area (Å²) in [5.74, 6) is 0.638. The van der Waals surface area contributed by atoms with Crippen LogP contribution in [0.25, 0.3) is 0 Å². The third kappa shape index (κ3) is 2.56. The standard InChI is InChI=1S/C13H15BrFN3/c1-7-4-10(11(14)5-12(7)15)6-16-13-8(2)9(3)17-18-13/h4-5H,6H2,1-3H3,(H2,16,17,18). The van der Waals surface area contributed by atoms with Crippen molar-refractivity contribution in [1.82, 2.24) is 10.2 Å². The fourth-order valence-corrected chi connectivity index (χ4v) is 2.14. The third-order valence-corrected chi connectivity index (χ3v) is 3.77. The smallest absolute Gasteiger partial charge is 0.151 e. The Morgan fingerprint density at radius 1 is 1.33 bits per heavy atom. The van der Waals surface area contributed by atoms with Gasteiger partial charge in [0.25, 0.3) is 0 Å². The first-order valence-electron chi connectivity index (χ1n) is 5.69. The molecule has 0 bridgehead atoms. The SMILES string of the molecule is Cc1cc(CNc2n[nH]c(C)c2C)c(Br)cc1F. The van der Waals surface area contributed by atoms with Crippen molar-refractivity contribution >= 4 is 21.7 Å². The summed E-state index contributed by atoms with van der Waals surface area (Å²) in [6.07, 6.45) is 0. The average Bonchev–Trinajstić information content (AvgIpc) is 2.63. The lowest BCUT2D eigenvalue weighted by molar-refractivity contribution is 0.616. The fourth-order valence-electron chi connectivity index (χ4n) is 1.69. The van der Waals surface area contributed by atoms with Crippen LogP contribution in [0.3, 0.4) is 0 Å². The van der Waals surface area contributed by atoms with Gasteiger partial charge < -0.3 is 5.32 Å². The number of nitrogens with zero attached hydrogens (tertiary/aromatic N) is 1. The van der Waals surface area contributed by atoms with Crippen molar-refractivity contribution in [2.45, 2.75) is 27.3 Å². The zero-order valence-electron chi connectivity index (χ0n) is 10.6. The molecule has 0 fully saturated rings. The molecule has 96 valence electrons. The highest BCUT2D eigenvalue weighted by molar-refractivity contribution is 9.10. The van der Waals surface area contributed by atoms with Crippen LogP contribution in [0, 0.1) is 26.6 Å². The highest BCUT2D eigenvalue weighted by atomic mass is 79.9. The van der Waals surface area contributed by atoms with E-state index in [-0.39, 0.29) is 5.82 Å². The van der Waals surface area contributed by atoms with Crippen LogP contribution in [0.2, 0.25) is 0 Å². The Bertz CT molecular complexity index is 578. The molecule has 0 aliphatic rings. The van der Waals surface area contributed by atoms with E-state index < -0.39 is 0 Å². The van der Waals surface area contributed by atoms with Gasteiger partial charge in [-0.1, -0.05) is 22.0 Å². The summed E-state index contributed by atoms with van der Waals surface area (Å²) in [4.78, 5) is 0. The van der Waals surface area contributed by atoms with E-state index in [1.807, 2.05) is 19.9 Å². The normalized spacial score (nSPS) is 10.7. The molecule has 1 aromatic carbocycles. The highest BCUT2D eigenvalue weighted by Gasteiger charge is 2.08. The Kier molecular flexibility index (Phi) is 3.71. The Labute approximate surface area is 114 Å². The number of aromatic amines is 1. The molecular formula is C13H15BrFN3. The van der Waals surface area contributed by atoms with Crippen LogP contribution in [-0.2, 0) is 6.54 Å². The lowest BCUT2D eigenvalue weighted by atomic mass is 10.1. The van der Waals surface area contributed by atoms with Gasteiger partial charge in [0.05, 0.1) is 0 Å². The van der Waals surface area contributed by atoms with E-state index in [1.54, 1.807) is 6.92 Å². The summed E-state index contributed by atoms with van der Waals surface area (Å²) in [7, 11) is 0. The molecule has 2 aromatic rings. The van der Waals surface area contributed by atoms with Crippen LogP contribution in [0.1, 0.15) is 22.4 Å². The molecule has 2 N–H and O–H groups in total. The number of nitrogens with one attached hydrogen (secondary N) is 2. The van der Waals surface area contributed by atoms with E-state index in [4.69, 9.17) is 0 Å². The van der Waals surface area contributed by atoms with E-state index in [0.29, 0.717) is 12.1 Å². The molecule has 0 saturated heterocycles. The average molecular weight is 312 g/mol. The van der Waals surface area contributed by atoms with Crippen LogP contribution in [0.5, 0.6) is 0 Å². The zero-order chi connectivity index (χ0) is 13.3. The molecule has 18 heavy (non-hydrogen) atoms. The summed E-state index contributed by atoms with van der Waals surface area (Å²) < 4.78 is 14.1. The summed E-state index contributed by atoms with van der Waals surface area (Å²) in [5, 5.41) is 10.3. The number of hydrogen-bond donors (Lipinski definition) is 2. The Morgan fingerprint density at radius 2 is 2.06 bits per heavy atom. The number of aromatic nitrogens is 2. The molecule has 1 aromatic heterocycles. The van der Waals surface area contributed by atoms with Crippen molar-refractivity contribution in [3.8, 4) is 0 Å². The van der Waals surface area contributed by atoms with Crippen molar-refractivity contribution in [3.05, 3.63) is 44.8 Å². The minimum Gasteiger partial charge on any atom is -0.364 e. The number of H-pyrrole nitrogens is 1. The quantitative estimate of drug-likeness (QED) is 0.904. The predicted octanol–water partition coefficient (Wildman–Crippen LogP) is 3.85. The van der Waals surface area contributed by atoms with E-state index in [9.17, 15) is 4.39 Å². The molecule has 1 heterocycles. The van der Waals surface area contributed by atoms with Crippen molar-refractivity contribution < 1.29 is 4.39 Å². The van der Waals surface area contributed by atoms with Gasteiger partial charge in [-0.15, -0.1) is 0 Å². The number of benzene rings is 1. The summed E-state index contributed by atoms with van der Waals surface area (Å²) in [5.41, 5.74) is 3.80. The number of anilines is 1. The minimum absolute atomic E-state index is 0.197. The van der Waals surface area contributed by atoms with Gasteiger partial charge in [-0.2, -0.15) is 5.10 Å². The molecule has 0 radical (unpaired) electrons. The molecule has 0 aliphatic carbocycles. The molecule has 0 amide bonds. The first-order valence-corrected chi connectivity index (χ1v) is 6.48. The molecule has 3 nitrogen and oxygen atoms in total. The van der Waals surface area contributed by atoms with Crippen LogP contribution in [0.4, 0.5) is 10.2 Å². The third-order valence-electron chi connectivity index (χ3n) is 3.03. The predicted molar refractivity (Wildman–Crippen MR) is 74.2 cm³/mol. The summed E-state index contributed by atoms with van der Waals surface area (Å²) in [6, 6.07) is 3.33. The van der Waals surface area contributed by atoms with Crippen molar-refractivity contribution in [2.24, 2.45) is 0 Å². The molecule has 0 unspecified atom stereocenters. The molecule has 5 heteroatoms. The summed E-state index contributed by atoms with van der Waals surface area (Å²) >= 11 is 3.37. The van der Waals surface area contributed by atoms with E-state index >= 15 is 0 Å². The lowest BCUT2D eigenvalue weighted by Crippen LogP contribution is -2.03. The second-order valence-electron chi connectivity index (χ2n) is 4.37. The molecule has 0 aliphatic heterocycles. The zero-order valence-corrected chi connectivity index (χ0v) is 12.2. The first kappa shape index (κ1) is 13.1. The van der Waals surface area contributed by atoms with Crippen LogP contribution in [0.15, 0.2) is 16.6 Å². The Hall–Kier alpha value is -1.36. The van der Waals surface area contributed by atoms with Crippen LogP contribution in [-0.4, -0.2) is 10.2 Å². The van der Waals surface area contributed by atoms with Crippen molar-refractivity contribution in [2.75, 3.05) is 5.32 Å². The van der Waals surface area contributed by atoms with Crippen LogP contribution >= 0.6 is 15.9 Å². The van der Waals surface area contributed by atoms with Crippen LogP contribution < -0.4 is 5.32 Å². The second kappa shape index (κ2) is 5.10. The van der Waals surface area contributed by atoms with E-state index in [1.165, 1.54) is 6.07 Å². The van der Waals surface area contributed by atoms with Gasteiger partial charge in [0.2, 0.25) is 0 Å². The maximum absolute atomic E-state index is 13.3. The molecule has 0 spiro atoms. The second-order valence-corrected chi connectivity index (χ2v) is 5.22. The number of rotatable bonds is 3. The van der Waals surface area contributed by atoms with Gasteiger partial charge >= 0.3 is 0 Å². The summed E-state index contributed by atoms with van der Waals surface area (Å²) in [6.45, 7) is 6.35. The van der Waals surface area contributed by atoms with Gasteiger partial charge in [0.1, 0.15) is 5.82 Å². The maximum Gasteiger partial charge on any atom is 0.151 e. The molecule has 0 saturated carbocycles. The topological polar surface area (TPSA) is 40.7 Å². The largest absolute Gasteiger partial charge is 0.364 e. The number of hydrogen-bond acceptors (Lipinski definition) is 2. The number of aryl methyl sites for hydroxylation is 2.